The molecule has 3 nitrogen and oxygen atoms in total. The van der Waals surface area contributed by atoms with Gasteiger partial charge in [0.25, 0.3) is 0 Å². The lowest BCUT2D eigenvalue weighted by molar-refractivity contribution is 0.291. The molecule has 1 saturated carbocycles. The highest BCUT2D eigenvalue weighted by atomic mass is 32.2. The highest BCUT2D eigenvalue weighted by Gasteiger charge is 2.31. The summed E-state index contributed by atoms with van der Waals surface area (Å²) in [5, 5.41) is 4.88. The molecule has 3 rings (SSSR count). The van der Waals surface area contributed by atoms with Crippen molar-refractivity contribution in [1.82, 2.24) is 10.2 Å². The normalized spacial score (nSPS) is 35.3. The fourth-order valence-corrected chi connectivity index (χ4v) is 4.78. The molecule has 0 amide bonds. The van der Waals surface area contributed by atoms with Crippen LogP contribution in [0, 0.1) is 11.8 Å². The van der Waals surface area contributed by atoms with Crippen LogP contribution in [0.15, 0.2) is 4.99 Å². The Morgan fingerprint density at radius 3 is 3.00 bits per heavy atom. The zero-order valence-electron chi connectivity index (χ0n) is 12.1. The van der Waals surface area contributed by atoms with E-state index in [0.717, 1.165) is 18.5 Å². The molecule has 4 heteroatoms. The maximum absolute atomic E-state index is 4.83. The third-order valence-corrected chi connectivity index (χ3v) is 5.83. The third kappa shape index (κ3) is 3.66. The number of amidine groups is 1. The molecule has 3 atom stereocenters. The maximum Gasteiger partial charge on any atom is 0.156 e. The van der Waals surface area contributed by atoms with Crippen molar-refractivity contribution < 1.29 is 0 Å². The first-order chi connectivity index (χ1) is 9.31. The molecule has 19 heavy (non-hydrogen) atoms. The molecule has 0 aromatic carbocycles. The second-order valence-corrected chi connectivity index (χ2v) is 7.52. The van der Waals surface area contributed by atoms with E-state index in [4.69, 9.17) is 4.99 Å². The minimum absolute atomic E-state index is 0.689. The number of fused-ring (bicyclic) bond motifs is 1. The minimum Gasteiger partial charge on any atom is -0.362 e. The predicted octanol–water partition coefficient (Wildman–Crippen LogP) is 2.58. The van der Waals surface area contributed by atoms with Crippen molar-refractivity contribution in [2.24, 2.45) is 16.8 Å². The van der Waals surface area contributed by atoms with E-state index >= 15 is 0 Å². The Labute approximate surface area is 121 Å². The summed E-state index contributed by atoms with van der Waals surface area (Å²) >= 11 is 1.95. The quantitative estimate of drug-likeness (QED) is 0.858. The molecule has 2 heterocycles. The van der Waals surface area contributed by atoms with Gasteiger partial charge in [0, 0.05) is 24.9 Å². The number of hydrogen-bond donors (Lipinski definition) is 1. The van der Waals surface area contributed by atoms with E-state index < -0.39 is 0 Å². The second kappa shape index (κ2) is 6.49. The van der Waals surface area contributed by atoms with Gasteiger partial charge in [-0.05, 0) is 50.6 Å². The molecule has 108 valence electrons. The van der Waals surface area contributed by atoms with Crippen LogP contribution in [0.5, 0.6) is 0 Å². The lowest BCUT2D eigenvalue weighted by atomic mass is 10.1. The van der Waals surface area contributed by atoms with Gasteiger partial charge in [-0.3, -0.25) is 4.99 Å². The van der Waals surface area contributed by atoms with Gasteiger partial charge in [-0.25, -0.2) is 0 Å². The van der Waals surface area contributed by atoms with Crippen molar-refractivity contribution in [1.29, 1.82) is 0 Å². The van der Waals surface area contributed by atoms with Crippen LogP contribution in [-0.4, -0.2) is 48.0 Å². The average Bonchev–Trinajstić information content (AvgIpc) is 3.06. The molecular weight excluding hydrogens is 254 g/mol. The lowest BCUT2D eigenvalue weighted by Crippen LogP contribution is -2.41. The van der Waals surface area contributed by atoms with Crippen LogP contribution >= 0.6 is 11.8 Å². The molecule has 3 fully saturated rings. The topological polar surface area (TPSA) is 27.6 Å². The largest absolute Gasteiger partial charge is 0.362 e. The first-order valence-electron chi connectivity index (χ1n) is 7.97. The van der Waals surface area contributed by atoms with Gasteiger partial charge >= 0.3 is 0 Å². The van der Waals surface area contributed by atoms with Crippen molar-refractivity contribution >= 4 is 16.9 Å². The Bertz CT molecular complexity index is 325. The maximum atomic E-state index is 4.83. The van der Waals surface area contributed by atoms with Crippen LogP contribution in [0.3, 0.4) is 0 Å². The molecule has 2 saturated heterocycles. The van der Waals surface area contributed by atoms with Gasteiger partial charge in [-0.2, -0.15) is 0 Å². The van der Waals surface area contributed by atoms with E-state index in [1.165, 1.54) is 62.7 Å². The summed E-state index contributed by atoms with van der Waals surface area (Å²) < 4.78 is 0. The number of rotatable bonds is 4. The van der Waals surface area contributed by atoms with Crippen LogP contribution in [0.1, 0.15) is 39.0 Å². The second-order valence-electron chi connectivity index (χ2n) is 6.51. The summed E-state index contributed by atoms with van der Waals surface area (Å²) in [6.45, 7) is 7.17. The van der Waals surface area contributed by atoms with E-state index in [2.05, 4.69) is 17.1 Å². The van der Waals surface area contributed by atoms with Crippen molar-refractivity contribution in [3.63, 3.8) is 0 Å². The Kier molecular flexibility index (Phi) is 4.69. The van der Waals surface area contributed by atoms with Crippen LogP contribution in [0.2, 0.25) is 0 Å². The molecule has 3 aliphatic rings. The smallest absolute Gasteiger partial charge is 0.156 e. The van der Waals surface area contributed by atoms with Crippen molar-refractivity contribution in [3.8, 4) is 0 Å². The Hall–Kier alpha value is -0.220. The third-order valence-electron chi connectivity index (χ3n) is 4.72. The van der Waals surface area contributed by atoms with Crippen molar-refractivity contribution in [2.45, 2.75) is 45.1 Å². The number of hydrogen-bond acceptors (Lipinski definition) is 3. The monoisotopic (exact) mass is 281 g/mol. The summed E-state index contributed by atoms with van der Waals surface area (Å²) in [4.78, 5) is 7.42. The van der Waals surface area contributed by atoms with E-state index in [1.54, 1.807) is 0 Å². The molecule has 0 radical (unpaired) electrons. The summed E-state index contributed by atoms with van der Waals surface area (Å²) in [6, 6.07) is 0.730. The number of thioether (sulfide) groups is 1. The average molecular weight is 281 g/mol. The Balaban J connectivity index is 1.43. The summed E-state index contributed by atoms with van der Waals surface area (Å²) in [7, 11) is 0. The number of aliphatic imine (C=N–C) groups is 1. The van der Waals surface area contributed by atoms with Gasteiger partial charge in [0.15, 0.2) is 5.17 Å². The van der Waals surface area contributed by atoms with Gasteiger partial charge in [-0.1, -0.05) is 25.1 Å². The van der Waals surface area contributed by atoms with Crippen molar-refractivity contribution in [3.05, 3.63) is 0 Å². The fourth-order valence-electron chi connectivity index (χ4n) is 3.61. The number of likely N-dealkylation sites (tertiary alicyclic amines) is 1. The zero-order valence-corrected chi connectivity index (χ0v) is 12.9. The van der Waals surface area contributed by atoms with Gasteiger partial charge in [0.1, 0.15) is 0 Å². The molecule has 0 aromatic rings. The summed E-state index contributed by atoms with van der Waals surface area (Å²) in [5.41, 5.74) is 0. The minimum atomic E-state index is 0.689. The summed E-state index contributed by atoms with van der Waals surface area (Å²) in [6.07, 6.45) is 6.96. The standard InChI is InChI=1S/C15H27N3S/c1-12(10-18-7-2-3-8-18)9-16-15-17-14-6-4-5-13(14)11-19-15/h12-14H,2-11H2,1H3,(H,16,17). The SMILES string of the molecule is CC(CN=C1NC2CCCC2CS1)CN1CCCC1. The van der Waals surface area contributed by atoms with Crippen LogP contribution in [0.4, 0.5) is 0 Å². The molecule has 2 aliphatic heterocycles. The lowest BCUT2D eigenvalue weighted by Gasteiger charge is -2.28. The first-order valence-corrected chi connectivity index (χ1v) is 8.96. The molecule has 3 unspecified atom stereocenters. The first kappa shape index (κ1) is 13.7. The molecule has 0 bridgehead atoms. The van der Waals surface area contributed by atoms with Crippen LogP contribution in [0.25, 0.3) is 0 Å². The Morgan fingerprint density at radius 2 is 2.16 bits per heavy atom. The van der Waals surface area contributed by atoms with Crippen LogP contribution < -0.4 is 5.32 Å². The fraction of sp³-hybridized carbons (Fsp3) is 0.933. The highest BCUT2D eigenvalue weighted by molar-refractivity contribution is 8.13. The van der Waals surface area contributed by atoms with Gasteiger partial charge in [0.2, 0.25) is 0 Å². The van der Waals surface area contributed by atoms with Crippen LogP contribution in [-0.2, 0) is 0 Å². The number of nitrogens with zero attached hydrogens (tertiary/aromatic N) is 2. The van der Waals surface area contributed by atoms with E-state index in [-0.39, 0.29) is 0 Å². The van der Waals surface area contributed by atoms with E-state index in [0.29, 0.717) is 5.92 Å². The number of nitrogens with one attached hydrogen (secondary N) is 1. The van der Waals surface area contributed by atoms with E-state index in [9.17, 15) is 0 Å². The van der Waals surface area contributed by atoms with Gasteiger partial charge in [-0.15, -0.1) is 0 Å². The van der Waals surface area contributed by atoms with Crippen molar-refractivity contribution in [2.75, 3.05) is 31.9 Å². The summed E-state index contributed by atoms with van der Waals surface area (Å²) in [5.74, 6) is 2.89. The highest BCUT2D eigenvalue weighted by Crippen LogP contribution is 2.32. The predicted molar refractivity (Wildman–Crippen MR) is 83.9 cm³/mol. The molecular formula is C15H27N3S. The molecule has 1 aliphatic carbocycles. The molecule has 0 spiro atoms. The Morgan fingerprint density at radius 1 is 1.32 bits per heavy atom. The molecule has 1 N–H and O–H groups in total. The zero-order chi connectivity index (χ0) is 13.1. The van der Waals surface area contributed by atoms with Gasteiger partial charge < -0.3 is 10.2 Å². The molecule has 0 aromatic heterocycles. The van der Waals surface area contributed by atoms with Gasteiger partial charge in [0.05, 0.1) is 0 Å². The van der Waals surface area contributed by atoms with E-state index in [1.807, 2.05) is 11.8 Å².